The van der Waals surface area contributed by atoms with Gasteiger partial charge in [-0.05, 0) is 36.4 Å². The molecule has 0 radical (unpaired) electrons. The van der Waals surface area contributed by atoms with Crippen LogP contribution in [0.4, 0.5) is 0 Å². The van der Waals surface area contributed by atoms with Crippen molar-refractivity contribution in [2.75, 3.05) is 0 Å². The Morgan fingerprint density at radius 1 is 0.952 bits per heavy atom. The molecular formula is C14H11Br2ClO2S2. The Morgan fingerprint density at radius 3 is 2.10 bits per heavy atom. The molecule has 2 atom stereocenters. The minimum absolute atomic E-state index is 0.242. The van der Waals surface area contributed by atoms with Crippen molar-refractivity contribution in [2.24, 2.45) is 0 Å². The maximum Gasteiger partial charge on any atom is 0.193 e. The molecule has 0 amide bonds. The fourth-order valence-electron chi connectivity index (χ4n) is 1.58. The molecule has 0 aliphatic rings. The van der Waals surface area contributed by atoms with E-state index in [-0.39, 0.29) is 9.05 Å². The average Bonchev–Trinajstić information content (AvgIpc) is 2.48. The highest BCUT2D eigenvalue weighted by atomic mass is 79.9. The standard InChI is InChI=1S/C14H11Br2ClO2S2/c15-13(20-11-4-2-1-3-5-11)14(16)21(18,19)12-8-6-10(17)7-9-12/h1-9,13-14H. The Kier molecular flexibility index (Phi) is 6.20. The lowest BCUT2D eigenvalue weighted by atomic mass is 10.4. The third-order valence-corrected chi connectivity index (χ3v) is 10.4. The van der Waals surface area contributed by atoms with E-state index in [0.29, 0.717) is 5.02 Å². The molecule has 0 aliphatic carbocycles. The molecule has 2 aromatic carbocycles. The Labute approximate surface area is 150 Å². The molecule has 0 fully saturated rings. The number of thioether (sulfide) groups is 1. The Morgan fingerprint density at radius 2 is 1.52 bits per heavy atom. The quantitative estimate of drug-likeness (QED) is 0.437. The summed E-state index contributed by atoms with van der Waals surface area (Å²) in [5.74, 6) is 0. The van der Waals surface area contributed by atoms with Crippen molar-refractivity contribution in [3.63, 3.8) is 0 Å². The van der Waals surface area contributed by atoms with Crippen molar-refractivity contribution >= 4 is 65.1 Å². The molecular weight excluding hydrogens is 460 g/mol. The summed E-state index contributed by atoms with van der Waals surface area (Å²) >= 11 is 14.0. The van der Waals surface area contributed by atoms with Gasteiger partial charge in [-0.15, -0.1) is 11.8 Å². The molecule has 2 unspecified atom stereocenters. The van der Waals surface area contributed by atoms with Crippen LogP contribution in [0.1, 0.15) is 0 Å². The summed E-state index contributed by atoms with van der Waals surface area (Å²) < 4.78 is 24.0. The zero-order chi connectivity index (χ0) is 15.5. The highest BCUT2D eigenvalue weighted by Crippen LogP contribution is 2.37. The summed E-state index contributed by atoms with van der Waals surface area (Å²) in [5, 5.41) is 0.508. The minimum atomic E-state index is -3.48. The van der Waals surface area contributed by atoms with Crippen molar-refractivity contribution in [3.8, 4) is 0 Å². The highest BCUT2D eigenvalue weighted by Gasteiger charge is 2.31. The van der Waals surface area contributed by atoms with Crippen LogP contribution in [0.2, 0.25) is 5.02 Å². The topological polar surface area (TPSA) is 34.1 Å². The van der Waals surface area contributed by atoms with Crippen molar-refractivity contribution in [1.29, 1.82) is 0 Å². The third-order valence-electron chi connectivity index (χ3n) is 2.64. The zero-order valence-electron chi connectivity index (χ0n) is 10.6. The predicted octanol–water partition coefficient (Wildman–Crippen LogP) is 5.35. The summed E-state index contributed by atoms with van der Waals surface area (Å²) in [6.45, 7) is 0. The lowest BCUT2D eigenvalue weighted by molar-refractivity contribution is 0.595. The lowest BCUT2D eigenvalue weighted by Crippen LogP contribution is -2.22. The van der Waals surface area contributed by atoms with Gasteiger partial charge < -0.3 is 0 Å². The first-order valence-corrected chi connectivity index (χ1v) is 10.5. The van der Waals surface area contributed by atoms with Crippen molar-refractivity contribution in [2.45, 2.75) is 18.1 Å². The van der Waals surface area contributed by atoms with Gasteiger partial charge in [0.1, 0.15) is 4.16 Å². The Bertz CT molecular complexity index is 691. The molecule has 112 valence electrons. The fraction of sp³-hybridized carbons (Fsp3) is 0.143. The van der Waals surface area contributed by atoms with E-state index in [0.717, 1.165) is 4.90 Å². The van der Waals surface area contributed by atoms with Gasteiger partial charge in [0.2, 0.25) is 0 Å². The average molecular weight is 471 g/mol. The van der Waals surface area contributed by atoms with Crippen LogP contribution in [0.15, 0.2) is 64.4 Å². The third kappa shape index (κ3) is 4.48. The molecule has 0 spiro atoms. The van der Waals surface area contributed by atoms with E-state index in [1.165, 1.54) is 23.9 Å². The molecule has 2 rings (SSSR count). The number of hydrogen-bond acceptors (Lipinski definition) is 3. The molecule has 2 aromatic rings. The van der Waals surface area contributed by atoms with Crippen LogP contribution in [0.5, 0.6) is 0 Å². The number of alkyl halides is 2. The minimum Gasteiger partial charge on any atom is -0.222 e. The van der Waals surface area contributed by atoms with Gasteiger partial charge in [-0.1, -0.05) is 61.7 Å². The van der Waals surface area contributed by atoms with Gasteiger partial charge in [-0.2, -0.15) is 0 Å². The molecule has 0 aromatic heterocycles. The van der Waals surface area contributed by atoms with Gasteiger partial charge in [0.05, 0.1) is 9.05 Å². The lowest BCUT2D eigenvalue weighted by Gasteiger charge is -2.17. The molecule has 0 N–H and O–H groups in total. The first-order chi connectivity index (χ1) is 9.91. The molecule has 2 nitrogen and oxygen atoms in total. The van der Waals surface area contributed by atoms with E-state index < -0.39 is 14.0 Å². The van der Waals surface area contributed by atoms with Gasteiger partial charge in [-0.25, -0.2) is 8.42 Å². The summed E-state index contributed by atoms with van der Waals surface area (Å²) in [5.41, 5.74) is 0. The summed E-state index contributed by atoms with van der Waals surface area (Å²) in [4.78, 5) is 1.24. The maximum atomic E-state index is 12.5. The van der Waals surface area contributed by atoms with E-state index in [2.05, 4.69) is 31.9 Å². The molecule has 7 heteroatoms. The van der Waals surface area contributed by atoms with E-state index in [1.54, 1.807) is 12.1 Å². The number of sulfone groups is 1. The van der Waals surface area contributed by atoms with Crippen LogP contribution in [0, 0.1) is 0 Å². The van der Waals surface area contributed by atoms with Crippen LogP contribution < -0.4 is 0 Å². The van der Waals surface area contributed by atoms with Gasteiger partial charge in [-0.3, -0.25) is 0 Å². The first kappa shape index (κ1) is 17.3. The van der Waals surface area contributed by atoms with Crippen LogP contribution >= 0.6 is 55.2 Å². The predicted molar refractivity (Wildman–Crippen MR) is 96.4 cm³/mol. The number of halogens is 3. The van der Waals surface area contributed by atoms with E-state index in [1.807, 2.05) is 30.3 Å². The van der Waals surface area contributed by atoms with Crippen molar-refractivity contribution < 1.29 is 8.42 Å². The molecule has 0 saturated carbocycles. The number of rotatable bonds is 5. The monoisotopic (exact) mass is 468 g/mol. The van der Waals surface area contributed by atoms with Crippen LogP contribution in [0.3, 0.4) is 0 Å². The molecule has 0 heterocycles. The fourth-order valence-corrected chi connectivity index (χ4v) is 6.52. The van der Waals surface area contributed by atoms with Crippen LogP contribution in [-0.2, 0) is 9.84 Å². The van der Waals surface area contributed by atoms with Gasteiger partial charge in [0, 0.05) is 9.92 Å². The second kappa shape index (κ2) is 7.51. The number of benzene rings is 2. The molecule has 0 aliphatic heterocycles. The van der Waals surface area contributed by atoms with Crippen molar-refractivity contribution in [1.82, 2.24) is 0 Å². The normalized spacial score (nSPS) is 14.6. The molecule has 0 bridgehead atoms. The smallest absolute Gasteiger partial charge is 0.193 e. The maximum absolute atomic E-state index is 12.5. The van der Waals surface area contributed by atoms with E-state index in [9.17, 15) is 8.42 Å². The Hall–Kier alpha value is -0.0100. The second-order valence-corrected chi connectivity index (χ2v) is 11.0. The summed E-state index contributed by atoms with van der Waals surface area (Å²) in [6, 6.07) is 15.8. The summed E-state index contributed by atoms with van der Waals surface area (Å²) in [7, 11) is -3.48. The summed E-state index contributed by atoms with van der Waals surface area (Å²) in [6.07, 6.45) is 0. The van der Waals surface area contributed by atoms with E-state index in [4.69, 9.17) is 11.6 Å². The van der Waals surface area contributed by atoms with Gasteiger partial charge >= 0.3 is 0 Å². The Balaban J connectivity index is 2.17. The van der Waals surface area contributed by atoms with Crippen LogP contribution in [0.25, 0.3) is 0 Å². The largest absolute Gasteiger partial charge is 0.222 e. The van der Waals surface area contributed by atoms with Gasteiger partial charge in [0.15, 0.2) is 9.84 Å². The molecule has 0 saturated heterocycles. The SMILES string of the molecule is O=S(=O)(c1ccc(Cl)cc1)C(Br)C(Br)Sc1ccccc1. The highest BCUT2D eigenvalue weighted by molar-refractivity contribution is 9.14. The molecule has 21 heavy (non-hydrogen) atoms. The first-order valence-electron chi connectivity index (χ1n) is 5.90. The number of hydrogen-bond donors (Lipinski definition) is 0. The van der Waals surface area contributed by atoms with Crippen LogP contribution in [-0.4, -0.2) is 16.7 Å². The van der Waals surface area contributed by atoms with E-state index >= 15 is 0 Å². The second-order valence-electron chi connectivity index (χ2n) is 4.13. The van der Waals surface area contributed by atoms with Gasteiger partial charge in [0.25, 0.3) is 0 Å². The van der Waals surface area contributed by atoms with Crippen molar-refractivity contribution in [3.05, 3.63) is 59.6 Å². The zero-order valence-corrected chi connectivity index (χ0v) is 16.2.